The fourth-order valence-corrected chi connectivity index (χ4v) is 1.74. The second kappa shape index (κ2) is 5.76. The third kappa shape index (κ3) is 3.26. The van der Waals surface area contributed by atoms with Crippen molar-refractivity contribution in [2.75, 3.05) is 5.32 Å². The molecule has 0 saturated carbocycles. The van der Waals surface area contributed by atoms with E-state index in [0.717, 1.165) is 12.1 Å². The van der Waals surface area contributed by atoms with Crippen molar-refractivity contribution < 1.29 is 19.2 Å². The Morgan fingerprint density at radius 2 is 2.00 bits per heavy atom. The lowest BCUT2D eigenvalue weighted by Gasteiger charge is -2.07. The van der Waals surface area contributed by atoms with Gasteiger partial charge >= 0.3 is 0 Å². The highest BCUT2D eigenvalue weighted by Gasteiger charge is 2.14. The summed E-state index contributed by atoms with van der Waals surface area (Å²) in [6.07, 6.45) is 0. The van der Waals surface area contributed by atoms with Crippen molar-refractivity contribution in [2.45, 2.75) is 0 Å². The van der Waals surface area contributed by atoms with Gasteiger partial charge in [0.15, 0.2) is 5.82 Å². The SMILES string of the molecule is O=C(Nc1ccc([N+](=O)[O-])cc1F)c1ccc(O)c(Cl)c1. The maximum absolute atomic E-state index is 13.6. The van der Waals surface area contributed by atoms with Crippen molar-refractivity contribution in [2.24, 2.45) is 0 Å². The van der Waals surface area contributed by atoms with E-state index in [1.54, 1.807) is 0 Å². The number of benzene rings is 2. The summed E-state index contributed by atoms with van der Waals surface area (Å²) in [6, 6.07) is 6.62. The summed E-state index contributed by atoms with van der Waals surface area (Å²) in [4.78, 5) is 21.6. The van der Waals surface area contributed by atoms with Crippen LogP contribution in [0.4, 0.5) is 15.8 Å². The molecule has 108 valence electrons. The predicted octanol–water partition coefficient (Wildman–Crippen LogP) is 3.35. The monoisotopic (exact) mass is 310 g/mol. The molecule has 0 aliphatic heterocycles. The predicted molar refractivity (Wildman–Crippen MR) is 74.1 cm³/mol. The summed E-state index contributed by atoms with van der Waals surface area (Å²) in [5, 5.41) is 22.0. The van der Waals surface area contributed by atoms with Crippen molar-refractivity contribution in [3.8, 4) is 5.75 Å². The number of phenolic OH excluding ortho intramolecular Hbond substituents is 1. The molecular formula is C13H8ClFN2O4. The van der Waals surface area contributed by atoms with Gasteiger partial charge in [0.25, 0.3) is 11.6 Å². The number of non-ortho nitro benzene ring substituents is 1. The summed E-state index contributed by atoms with van der Waals surface area (Å²) >= 11 is 5.67. The number of carbonyl (C=O) groups excluding carboxylic acids is 1. The van der Waals surface area contributed by atoms with Gasteiger partial charge in [0.1, 0.15) is 5.75 Å². The highest BCUT2D eigenvalue weighted by Crippen LogP contribution is 2.25. The number of aromatic hydroxyl groups is 1. The fraction of sp³-hybridized carbons (Fsp3) is 0. The highest BCUT2D eigenvalue weighted by atomic mass is 35.5. The van der Waals surface area contributed by atoms with E-state index in [1.807, 2.05) is 0 Å². The number of phenols is 1. The van der Waals surface area contributed by atoms with Gasteiger partial charge in [0, 0.05) is 11.6 Å². The smallest absolute Gasteiger partial charge is 0.272 e. The van der Waals surface area contributed by atoms with Gasteiger partial charge in [-0.2, -0.15) is 0 Å². The third-order valence-corrected chi connectivity index (χ3v) is 2.92. The molecule has 2 rings (SSSR count). The van der Waals surface area contributed by atoms with E-state index >= 15 is 0 Å². The summed E-state index contributed by atoms with van der Waals surface area (Å²) in [5.41, 5.74) is -0.511. The van der Waals surface area contributed by atoms with Gasteiger partial charge in [-0.3, -0.25) is 14.9 Å². The zero-order valence-corrected chi connectivity index (χ0v) is 11.1. The van der Waals surface area contributed by atoms with E-state index in [-0.39, 0.29) is 22.0 Å². The molecule has 2 N–H and O–H groups in total. The average Bonchev–Trinajstić information content (AvgIpc) is 2.43. The van der Waals surface area contributed by atoms with E-state index in [0.29, 0.717) is 6.07 Å². The zero-order chi connectivity index (χ0) is 15.6. The number of amides is 1. The van der Waals surface area contributed by atoms with Crippen LogP contribution in [0.1, 0.15) is 10.4 Å². The van der Waals surface area contributed by atoms with Crippen molar-refractivity contribution >= 4 is 28.9 Å². The van der Waals surface area contributed by atoms with Gasteiger partial charge in [-0.25, -0.2) is 4.39 Å². The van der Waals surface area contributed by atoms with Gasteiger partial charge in [0.05, 0.1) is 21.7 Å². The number of carbonyl (C=O) groups is 1. The van der Waals surface area contributed by atoms with Crippen LogP contribution in [0.5, 0.6) is 5.75 Å². The summed E-state index contributed by atoms with van der Waals surface area (Å²) in [5.74, 6) is -1.78. The number of anilines is 1. The van der Waals surface area contributed by atoms with Crippen molar-refractivity contribution in [1.82, 2.24) is 0 Å². The Hall–Kier alpha value is -2.67. The minimum Gasteiger partial charge on any atom is -0.506 e. The van der Waals surface area contributed by atoms with Crippen molar-refractivity contribution in [3.63, 3.8) is 0 Å². The minimum atomic E-state index is -0.928. The number of nitrogens with zero attached hydrogens (tertiary/aromatic N) is 1. The van der Waals surface area contributed by atoms with Crippen LogP contribution in [-0.2, 0) is 0 Å². The van der Waals surface area contributed by atoms with Crippen LogP contribution < -0.4 is 5.32 Å². The maximum Gasteiger partial charge on any atom is 0.272 e. The molecule has 0 fully saturated rings. The molecule has 6 nitrogen and oxygen atoms in total. The molecule has 1 amide bonds. The van der Waals surface area contributed by atoms with Gasteiger partial charge in [-0.1, -0.05) is 11.6 Å². The van der Waals surface area contributed by atoms with Crippen LogP contribution in [0.25, 0.3) is 0 Å². The van der Waals surface area contributed by atoms with Crippen LogP contribution in [0.3, 0.4) is 0 Å². The van der Waals surface area contributed by atoms with Crippen LogP contribution >= 0.6 is 11.6 Å². The van der Waals surface area contributed by atoms with Gasteiger partial charge in [-0.05, 0) is 24.3 Å². The number of hydrogen-bond donors (Lipinski definition) is 2. The lowest BCUT2D eigenvalue weighted by Crippen LogP contribution is -2.13. The Labute approximate surface area is 122 Å². The van der Waals surface area contributed by atoms with E-state index in [9.17, 15) is 24.4 Å². The molecule has 0 aromatic heterocycles. The Morgan fingerprint density at radius 3 is 2.57 bits per heavy atom. The number of hydrogen-bond acceptors (Lipinski definition) is 4. The molecule has 0 spiro atoms. The second-order valence-electron chi connectivity index (χ2n) is 4.04. The molecule has 0 saturated heterocycles. The van der Waals surface area contributed by atoms with E-state index in [2.05, 4.69) is 5.32 Å². The summed E-state index contributed by atoms with van der Waals surface area (Å²) in [6.45, 7) is 0. The van der Waals surface area contributed by atoms with Crippen molar-refractivity contribution in [1.29, 1.82) is 0 Å². The van der Waals surface area contributed by atoms with Gasteiger partial charge in [-0.15, -0.1) is 0 Å². The molecule has 0 aliphatic rings. The zero-order valence-electron chi connectivity index (χ0n) is 10.3. The Morgan fingerprint density at radius 1 is 1.29 bits per heavy atom. The fourth-order valence-electron chi connectivity index (χ4n) is 1.56. The first-order valence-corrected chi connectivity index (χ1v) is 6.00. The summed E-state index contributed by atoms with van der Waals surface area (Å²) < 4.78 is 13.6. The normalized spacial score (nSPS) is 10.2. The number of halogens is 2. The minimum absolute atomic E-state index is 0.0215. The van der Waals surface area contributed by atoms with Crippen LogP contribution in [0.2, 0.25) is 5.02 Å². The average molecular weight is 311 g/mol. The first kappa shape index (κ1) is 14.7. The molecule has 2 aromatic rings. The lowest BCUT2D eigenvalue weighted by atomic mass is 10.2. The molecule has 0 aliphatic carbocycles. The molecular weight excluding hydrogens is 303 g/mol. The first-order valence-electron chi connectivity index (χ1n) is 5.62. The Kier molecular flexibility index (Phi) is 4.04. The molecule has 0 atom stereocenters. The Bertz CT molecular complexity index is 736. The molecule has 0 radical (unpaired) electrons. The van der Waals surface area contributed by atoms with E-state index < -0.39 is 22.3 Å². The molecule has 8 heteroatoms. The number of nitrogens with one attached hydrogen (secondary N) is 1. The third-order valence-electron chi connectivity index (χ3n) is 2.62. The number of nitro benzene ring substituents is 1. The van der Waals surface area contributed by atoms with Crippen LogP contribution in [0.15, 0.2) is 36.4 Å². The molecule has 0 heterocycles. The number of nitro groups is 1. The van der Waals surface area contributed by atoms with Crippen LogP contribution in [0, 0.1) is 15.9 Å². The second-order valence-corrected chi connectivity index (χ2v) is 4.45. The lowest BCUT2D eigenvalue weighted by molar-refractivity contribution is -0.385. The maximum atomic E-state index is 13.6. The first-order chi connectivity index (χ1) is 9.88. The van der Waals surface area contributed by atoms with Gasteiger partial charge in [0.2, 0.25) is 0 Å². The number of rotatable bonds is 3. The van der Waals surface area contributed by atoms with E-state index in [1.165, 1.54) is 18.2 Å². The Balaban J connectivity index is 2.23. The van der Waals surface area contributed by atoms with Crippen molar-refractivity contribution in [3.05, 3.63) is 62.9 Å². The molecule has 0 unspecified atom stereocenters. The largest absolute Gasteiger partial charge is 0.506 e. The topological polar surface area (TPSA) is 92.5 Å². The standard InChI is InChI=1S/C13H8ClFN2O4/c14-9-5-7(1-4-12(9)18)13(19)16-11-3-2-8(17(20)21)6-10(11)15/h1-6,18H,(H,16,19). The molecule has 2 aromatic carbocycles. The summed E-state index contributed by atoms with van der Waals surface area (Å²) in [7, 11) is 0. The van der Waals surface area contributed by atoms with E-state index in [4.69, 9.17) is 11.6 Å². The van der Waals surface area contributed by atoms with Crippen LogP contribution in [-0.4, -0.2) is 15.9 Å². The molecule has 0 bridgehead atoms. The molecule has 21 heavy (non-hydrogen) atoms. The van der Waals surface area contributed by atoms with Gasteiger partial charge < -0.3 is 10.4 Å². The quantitative estimate of drug-likeness (QED) is 0.671. The highest BCUT2D eigenvalue weighted by molar-refractivity contribution is 6.32.